The monoisotopic (exact) mass is 252 g/mol. The average Bonchev–Trinajstić information content (AvgIpc) is 2.68. The highest BCUT2D eigenvalue weighted by Crippen LogP contribution is 2.30. The predicted octanol–water partition coefficient (Wildman–Crippen LogP) is 2.20. The molecule has 0 aromatic carbocycles. The van der Waals surface area contributed by atoms with E-state index in [1.807, 2.05) is 28.6 Å². The number of alkyl halides is 2. The van der Waals surface area contributed by atoms with E-state index in [2.05, 4.69) is 9.97 Å². The summed E-state index contributed by atoms with van der Waals surface area (Å²) in [6, 6.07) is 3.70. The van der Waals surface area contributed by atoms with Gasteiger partial charge in [-0.05, 0) is 12.1 Å². The molecular formula is C12H14F2N4. The molecule has 18 heavy (non-hydrogen) atoms. The van der Waals surface area contributed by atoms with Crippen molar-refractivity contribution in [3.8, 4) is 0 Å². The molecule has 0 bridgehead atoms. The summed E-state index contributed by atoms with van der Waals surface area (Å²) in [7, 11) is 1.87. The number of aromatic nitrogens is 3. The lowest BCUT2D eigenvalue weighted by Crippen LogP contribution is -2.40. The van der Waals surface area contributed by atoms with E-state index in [0.29, 0.717) is 13.1 Å². The lowest BCUT2D eigenvalue weighted by atomic mass is 10.1. The molecule has 2 aromatic rings. The zero-order valence-electron chi connectivity index (χ0n) is 10.1. The number of anilines is 1. The van der Waals surface area contributed by atoms with Crippen LogP contribution in [-0.2, 0) is 7.05 Å². The van der Waals surface area contributed by atoms with Crippen LogP contribution >= 0.6 is 0 Å². The number of halogens is 2. The Kier molecular flexibility index (Phi) is 2.46. The van der Waals surface area contributed by atoms with Gasteiger partial charge in [0, 0.05) is 39.2 Å². The van der Waals surface area contributed by atoms with Crippen molar-refractivity contribution in [2.24, 2.45) is 7.05 Å². The van der Waals surface area contributed by atoms with E-state index in [0.717, 1.165) is 17.1 Å². The van der Waals surface area contributed by atoms with Crippen molar-refractivity contribution >= 4 is 17.1 Å². The summed E-state index contributed by atoms with van der Waals surface area (Å²) in [4.78, 5) is 10.6. The van der Waals surface area contributed by atoms with Crippen LogP contribution in [0.25, 0.3) is 11.2 Å². The van der Waals surface area contributed by atoms with Crippen LogP contribution in [0.2, 0.25) is 0 Å². The number of imidazole rings is 1. The fourth-order valence-electron chi connectivity index (χ4n) is 2.33. The zero-order chi connectivity index (χ0) is 12.8. The number of pyridine rings is 1. The first-order valence-electron chi connectivity index (χ1n) is 5.97. The molecule has 0 radical (unpaired) electrons. The first-order chi connectivity index (χ1) is 8.57. The Morgan fingerprint density at radius 2 is 2.00 bits per heavy atom. The number of hydrogen-bond donors (Lipinski definition) is 0. The average molecular weight is 252 g/mol. The summed E-state index contributed by atoms with van der Waals surface area (Å²) >= 11 is 0. The Balaban J connectivity index is 1.93. The Hall–Kier alpha value is -1.72. The number of piperidine rings is 1. The van der Waals surface area contributed by atoms with Crippen molar-refractivity contribution in [3.63, 3.8) is 0 Å². The highest BCUT2D eigenvalue weighted by atomic mass is 19.3. The summed E-state index contributed by atoms with van der Waals surface area (Å²) in [5, 5.41) is 0. The molecule has 1 aliphatic rings. The van der Waals surface area contributed by atoms with Crippen molar-refractivity contribution < 1.29 is 8.78 Å². The summed E-state index contributed by atoms with van der Waals surface area (Å²) in [5.74, 6) is -1.81. The summed E-state index contributed by atoms with van der Waals surface area (Å²) in [6.07, 6.45) is 1.49. The van der Waals surface area contributed by atoms with Crippen molar-refractivity contribution in [2.45, 2.75) is 18.8 Å². The molecule has 1 saturated heterocycles. The Labute approximate surface area is 103 Å². The second-order valence-corrected chi connectivity index (χ2v) is 4.66. The normalized spacial score (nSPS) is 19.4. The molecule has 4 nitrogen and oxygen atoms in total. The molecule has 3 heterocycles. The maximum Gasteiger partial charge on any atom is 0.251 e. The molecule has 1 fully saturated rings. The topological polar surface area (TPSA) is 34.0 Å². The van der Waals surface area contributed by atoms with E-state index in [4.69, 9.17) is 0 Å². The molecule has 0 unspecified atom stereocenters. The lowest BCUT2D eigenvalue weighted by Gasteiger charge is -2.32. The number of nitrogens with zero attached hydrogens (tertiary/aromatic N) is 4. The quantitative estimate of drug-likeness (QED) is 0.780. The Morgan fingerprint density at radius 3 is 2.67 bits per heavy atom. The van der Waals surface area contributed by atoms with Crippen LogP contribution < -0.4 is 4.90 Å². The molecule has 1 aliphatic heterocycles. The Bertz CT molecular complexity index is 568. The number of aryl methyl sites for hydroxylation is 1. The van der Waals surface area contributed by atoms with Gasteiger partial charge in [-0.15, -0.1) is 0 Å². The minimum absolute atomic E-state index is 0.108. The summed E-state index contributed by atoms with van der Waals surface area (Å²) in [6.45, 7) is 0.675. The van der Waals surface area contributed by atoms with Gasteiger partial charge >= 0.3 is 0 Å². The van der Waals surface area contributed by atoms with Crippen LogP contribution in [0.5, 0.6) is 0 Å². The van der Waals surface area contributed by atoms with Crippen molar-refractivity contribution in [2.75, 3.05) is 18.0 Å². The van der Waals surface area contributed by atoms with Crippen LogP contribution in [0, 0.1) is 0 Å². The van der Waals surface area contributed by atoms with E-state index >= 15 is 0 Å². The SMILES string of the molecule is Cn1c(N2CCC(F)(F)CC2)nc2cccnc21. The fraction of sp³-hybridized carbons (Fsp3) is 0.500. The molecule has 0 aliphatic carbocycles. The molecule has 0 atom stereocenters. The number of fused-ring (bicyclic) bond motifs is 1. The van der Waals surface area contributed by atoms with Gasteiger partial charge in [0.15, 0.2) is 5.65 Å². The van der Waals surface area contributed by atoms with Crippen LogP contribution in [0.4, 0.5) is 14.7 Å². The number of rotatable bonds is 1. The van der Waals surface area contributed by atoms with Gasteiger partial charge in [-0.1, -0.05) is 0 Å². The van der Waals surface area contributed by atoms with E-state index in [-0.39, 0.29) is 12.8 Å². The Morgan fingerprint density at radius 1 is 1.28 bits per heavy atom. The smallest absolute Gasteiger partial charge is 0.251 e. The van der Waals surface area contributed by atoms with E-state index in [1.165, 1.54) is 0 Å². The zero-order valence-corrected chi connectivity index (χ0v) is 10.1. The molecule has 0 amide bonds. The standard InChI is InChI=1S/C12H14F2N4/c1-17-10-9(3-2-6-15-10)16-11(17)18-7-4-12(13,14)5-8-18/h2-3,6H,4-5,7-8H2,1H3. The second kappa shape index (κ2) is 3.90. The minimum Gasteiger partial charge on any atom is -0.342 e. The van der Waals surface area contributed by atoms with Gasteiger partial charge in [-0.2, -0.15) is 0 Å². The van der Waals surface area contributed by atoms with Gasteiger partial charge in [0.05, 0.1) is 0 Å². The molecule has 0 saturated carbocycles. The largest absolute Gasteiger partial charge is 0.342 e. The highest BCUT2D eigenvalue weighted by Gasteiger charge is 2.35. The van der Waals surface area contributed by atoms with Gasteiger partial charge in [-0.3, -0.25) is 4.57 Å². The van der Waals surface area contributed by atoms with Crippen LogP contribution in [0.1, 0.15) is 12.8 Å². The second-order valence-electron chi connectivity index (χ2n) is 4.66. The minimum atomic E-state index is -2.53. The first-order valence-corrected chi connectivity index (χ1v) is 5.97. The van der Waals surface area contributed by atoms with Crippen LogP contribution in [-0.4, -0.2) is 33.5 Å². The first kappa shape index (κ1) is 11.4. The third-order valence-electron chi connectivity index (χ3n) is 3.38. The van der Waals surface area contributed by atoms with Crippen LogP contribution in [0.15, 0.2) is 18.3 Å². The van der Waals surface area contributed by atoms with Crippen molar-refractivity contribution in [1.29, 1.82) is 0 Å². The highest BCUT2D eigenvalue weighted by molar-refractivity contribution is 5.74. The third-order valence-corrected chi connectivity index (χ3v) is 3.38. The van der Waals surface area contributed by atoms with Crippen molar-refractivity contribution in [3.05, 3.63) is 18.3 Å². The maximum absolute atomic E-state index is 13.1. The van der Waals surface area contributed by atoms with E-state index in [1.54, 1.807) is 6.20 Å². The van der Waals surface area contributed by atoms with Crippen molar-refractivity contribution in [1.82, 2.24) is 14.5 Å². The lowest BCUT2D eigenvalue weighted by molar-refractivity contribution is -0.0223. The molecular weight excluding hydrogens is 238 g/mol. The molecule has 2 aromatic heterocycles. The van der Waals surface area contributed by atoms with E-state index in [9.17, 15) is 8.78 Å². The summed E-state index contributed by atoms with van der Waals surface area (Å²) in [5.41, 5.74) is 1.58. The maximum atomic E-state index is 13.1. The van der Waals surface area contributed by atoms with Gasteiger partial charge in [0.25, 0.3) is 5.92 Å². The van der Waals surface area contributed by atoms with Gasteiger partial charge in [0.1, 0.15) is 5.52 Å². The van der Waals surface area contributed by atoms with Gasteiger partial charge in [0.2, 0.25) is 5.95 Å². The van der Waals surface area contributed by atoms with Gasteiger partial charge < -0.3 is 4.90 Å². The number of hydrogen-bond acceptors (Lipinski definition) is 3. The van der Waals surface area contributed by atoms with Crippen LogP contribution in [0.3, 0.4) is 0 Å². The van der Waals surface area contributed by atoms with Gasteiger partial charge in [-0.25, -0.2) is 18.7 Å². The molecule has 0 spiro atoms. The molecule has 3 rings (SSSR count). The predicted molar refractivity (Wildman–Crippen MR) is 64.9 cm³/mol. The molecule has 6 heteroatoms. The van der Waals surface area contributed by atoms with E-state index < -0.39 is 5.92 Å². The third kappa shape index (κ3) is 1.81. The molecule has 0 N–H and O–H groups in total. The molecule has 96 valence electrons. The summed E-state index contributed by atoms with van der Waals surface area (Å²) < 4.78 is 28.1. The fourth-order valence-corrected chi connectivity index (χ4v) is 2.33.